The van der Waals surface area contributed by atoms with E-state index in [0.29, 0.717) is 18.4 Å². The Morgan fingerprint density at radius 3 is 2.80 bits per heavy atom. The van der Waals surface area contributed by atoms with Crippen LogP contribution in [0.25, 0.3) is 0 Å². The van der Waals surface area contributed by atoms with Gasteiger partial charge in [0.05, 0.1) is 12.0 Å². The highest BCUT2D eigenvalue weighted by molar-refractivity contribution is 5.89. The lowest BCUT2D eigenvalue weighted by Gasteiger charge is -2.20. The average Bonchev–Trinajstić information content (AvgIpc) is 2.95. The molecule has 3 rings (SSSR count). The van der Waals surface area contributed by atoms with Crippen LogP contribution in [0.3, 0.4) is 0 Å². The first-order chi connectivity index (χ1) is 9.69. The molecule has 1 aromatic carbocycles. The molecule has 2 fully saturated rings. The number of aliphatic hydroxyl groups is 1. The maximum absolute atomic E-state index is 12.0. The number of benzene rings is 1. The first-order valence-electron chi connectivity index (χ1n) is 6.75. The van der Waals surface area contributed by atoms with E-state index in [1.165, 1.54) is 0 Å². The zero-order valence-electron chi connectivity index (χ0n) is 10.9. The zero-order valence-corrected chi connectivity index (χ0v) is 10.9. The molecule has 1 heterocycles. The molecule has 1 aromatic rings. The standard InChI is InChI=1S/C15H16O5/c16-8-11-10-6-14(17)19-12(10)7-13(11)20-15(18)9-4-2-1-3-5-9/h1-5,10-13,16H,6-8H2/t10-,11-,12?,13?/m1/s1. The van der Waals surface area contributed by atoms with Gasteiger partial charge in [0, 0.05) is 24.9 Å². The molecule has 5 heteroatoms. The van der Waals surface area contributed by atoms with Gasteiger partial charge >= 0.3 is 11.9 Å². The smallest absolute Gasteiger partial charge is 0.338 e. The van der Waals surface area contributed by atoms with E-state index in [4.69, 9.17) is 9.47 Å². The van der Waals surface area contributed by atoms with Crippen molar-refractivity contribution < 1.29 is 24.2 Å². The fourth-order valence-corrected chi connectivity index (χ4v) is 3.13. The van der Waals surface area contributed by atoms with Crippen LogP contribution >= 0.6 is 0 Å². The molecule has 1 saturated carbocycles. The highest BCUT2D eigenvalue weighted by atomic mass is 16.6. The van der Waals surface area contributed by atoms with Crippen LogP contribution in [0, 0.1) is 11.8 Å². The summed E-state index contributed by atoms with van der Waals surface area (Å²) in [6, 6.07) is 8.74. The summed E-state index contributed by atoms with van der Waals surface area (Å²) in [5.74, 6) is -0.896. The second-order valence-electron chi connectivity index (χ2n) is 5.29. The summed E-state index contributed by atoms with van der Waals surface area (Å²) in [6.07, 6.45) is 0.152. The van der Waals surface area contributed by atoms with E-state index < -0.39 is 12.1 Å². The van der Waals surface area contributed by atoms with Crippen molar-refractivity contribution in [3.05, 3.63) is 35.9 Å². The number of rotatable bonds is 3. The molecule has 0 bridgehead atoms. The van der Waals surface area contributed by atoms with Gasteiger partial charge in [-0.3, -0.25) is 4.79 Å². The van der Waals surface area contributed by atoms with E-state index in [1.807, 2.05) is 6.07 Å². The first kappa shape index (κ1) is 13.1. The Labute approximate surface area is 116 Å². The van der Waals surface area contributed by atoms with Crippen molar-refractivity contribution in [3.8, 4) is 0 Å². The highest BCUT2D eigenvalue weighted by Crippen LogP contribution is 2.42. The van der Waals surface area contributed by atoms with Crippen molar-refractivity contribution in [2.75, 3.05) is 6.61 Å². The summed E-state index contributed by atoms with van der Waals surface area (Å²) < 4.78 is 10.7. The Balaban J connectivity index is 1.69. The molecule has 5 nitrogen and oxygen atoms in total. The maximum Gasteiger partial charge on any atom is 0.338 e. The Hall–Kier alpha value is -1.88. The van der Waals surface area contributed by atoms with Gasteiger partial charge in [-0.2, -0.15) is 0 Å². The minimum Gasteiger partial charge on any atom is -0.462 e. The molecule has 1 aliphatic carbocycles. The second-order valence-corrected chi connectivity index (χ2v) is 5.29. The minimum absolute atomic E-state index is 0.0407. The lowest BCUT2D eigenvalue weighted by molar-refractivity contribution is -0.141. The normalized spacial score (nSPS) is 31.8. The molecule has 0 aromatic heterocycles. The Bertz CT molecular complexity index is 512. The summed E-state index contributed by atoms with van der Waals surface area (Å²) >= 11 is 0. The third-order valence-electron chi connectivity index (χ3n) is 4.13. The van der Waals surface area contributed by atoms with Crippen molar-refractivity contribution >= 4 is 11.9 Å². The van der Waals surface area contributed by atoms with E-state index in [-0.39, 0.29) is 30.5 Å². The molecule has 1 N–H and O–H groups in total. The number of esters is 2. The van der Waals surface area contributed by atoms with Crippen LogP contribution in [0.5, 0.6) is 0 Å². The number of carbonyl (C=O) groups is 2. The van der Waals surface area contributed by atoms with Crippen molar-refractivity contribution in [3.63, 3.8) is 0 Å². The van der Waals surface area contributed by atoms with Crippen molar-refractivity contribution in [1.82, 2.24) is 0 Å². The quantitative estimate of drug-likeness (QED) is 0.839. The molecule has 1 aliphatic heterocycles. The number of carbonyl (C=O) groups excluding carboxylic acids is 2. The van der Waals surface area contributed by atoms with Gasteiger partial charge in [0.25, 0.3) is 0 Å². The van der Waals surface area contributed by atoms with Crippen LogP contribution in [0.15, 0.2) is 30.3 Å². The van der Waals surface area contributed by atoms with Gasteiger partial charge in [-0.15, -0.1) is 0 Å². The van der Waals surface area contributed by atoms with Gasteiger partial charge in [0.15, 0.2) is 0 Å². The van der Waals surface area contributed by atoms with Gasteiger partial charge < -0.3 is 14.6 Å². The monoisotopic (exact) mass is 276 g/mol. The van der Waals surface area contributed by atoms with Gasteiger partial charge in [-0.25, -0.2) is 4.79 Å². The molecule has 0 spiro atoms. The molecule has 20 heavy (non-hydrogen) atoms. The van der Waals surface area contributed by atoms with Crippen molar-refractivity contribution in [1.29, 1.82) is 0 Å². The molecule has 106 valence electrons. The predicted octanol–water partition coefficient (Wildman–Crippen LogP) is 1.16. The van der Waals surface area contributed by atoms with Crippen molar-refractivity contribution in [2.45, 2.75) is 25.0 Å². The number of fused-ring (bicyclic) bond motifs is 1. The van der Waals surface area contributed by atoms with E-state index in [9.17, 15) is 14.7 Å². The van der Waals surface area contributed by atoms with Gasteiger partial charge in [-0.05, 0) is 12.1 Å². The fraction of sp³-hybridized carbons (Fsp3) is 0.467. The molecular formula is C15H16O5. The summed E-state index contributed by atoms with van der Waals surface area (Å²) in [5, 5.41) is 9.50. The second kappa shape index (κ2) is 5.25. The van der Waals surface area contributed by atoms with Gasteiger partial charge in [0.1, 0.15) is 12.2 Å². The molecule has 2 aliphatic rings. The molecular weight excluding hydrogens is 260 g/mol. The SMILES string of the molecule is O=C1C[C@H]2C(CC(OC(=O)c3ccccc3)[C@@H]2CO)O1. The number of hydrogen-bond acceptors (Lipinski definition) is 5. The van der Waals surface area contributed by atoms with Crippen LogP contribution in [0.2, 0.25) is 0 Å². The van der Waals surface area contributed by atoms with E-state index >= 15 is 0 Å². The van der Waals surface area contributed by atoms with Gasteiger partial charge in [-0.1, -0.05) is 18.2 Å². The van der Waals surface area contributed by atoms with Gasteiger partial charge in [0.2, 0.25) is 0 Å². The average molecular weight is 276 g/mol. The molecule has 0 radical (unpaired) electrons. The third-order valence-corrected chi connectivity index (χ3v) is 4.13. The van der Waals surface area contributed by atoms with E-state index in [0.717, 1.165) is 0 Å². The topological polar surface area (TPSA) is 72.8 Å². The Morgan fingerprint density at radius 2 is 2.10 bits per heavy atom. The highest BCUT2D eigenvalue weighted by Gasteiger charge is 2.51. The fourth-order valence-electron chi connectivity index (χ4n) is 3.13. The predicted molar refractivity (Wildman–Crippen MR) is 68.8 cm³/mol. The van der Waals surface area contributed by atoms with Crippen LogP contribution < -0.4 is 0 Å². The Kier molecular flexibility index (Phi) is 3.44. The Morgan fingerprint density at radius 1 is 1.35 bits per heavy atom. The summed E-state index contributed by atoms with van der Waals surface area (Å²) in [7, 11) is 0. The van der Waals surface area contributed by atoms with Crippen LogP contribution in [0.1, 0.15) is 23.2 Å². The van der Waals surface area contributed by atoms with Crippen LogP contribution in [-0.4, -0.2) is 35.9 Å². The van der Waals surface area contributed by atoms with E-state index in [2.05, 4.69) is 0 Å². The number of aliphatic hydroxyl groups excluding tert-OH is 1. The molecule has 1 saturated heterocycles. The summed E-state index contributed by atoms with van der Waals surface area (Å²) in [6.45, 7) is -0.107. The molecule has 2 unspecified atom stereocenters. The van der Waals surface area contributed by atoms with Crippen LogP contribution in [0.4, 0.5) is 0 Å². The van der Waals surface area contributed by atoms with E-state index in [1.54, 1.807) is 24.3 Å². The molecule has 0 amide bonds. The number of hydrogen-bond donors (Lipinski definition) is 1. The van der Waals surface area contributed by atoms with Crippen LogP contribution in [-0.2, 0) is 14.3 Å². The first-order valence-corrected chi connectivity index (χ1v) is 6.75. The maximum atomic E-state index is 12.0. The lowest BCUT2D eigenvalue weighted by atomic mass is 9.93. The van der Waals surface area contributed by atoms with Crippen molar-refractivity contribution in [2.24, 2.45) is 11.8 Å². The third kappa shape index (κ3) is 2.29. The largest absolute Gasteiger partial charge is 0.462 e. The minimum atomic E-state index is -0.402. The lowest BCUT2D eigenvalue weighted by Crippen LogP contribution is -2.28. The molecule has 4 atom stereocenters. The number of ether oxygens (including phenoxy) is 2. The zero-order chi connectivity index (χ0) is 14.1. The summed E-state index contributed by atoms with van der Waals surface area (Å²) in [5.41, 5.74) is 0.484. The summed E-state index contributed by atoms with van der Waals surface area (Å²) in [4.78, 5) is 23.3.